The number of halogens is 1. The number of hydrogen-bond donors (Lipinski definition) is 1. The first-order chi connectivity index (χ1) is 14.9. The molecule has 1 aliphatic carbocycles. The van der Waals surface area contributed by atoms with Crippen LogP contribution in [-0.4, -0.2) is 40.0 Å². The van der Waals surface area contributed by atoms with Crippen LogP contribution in [0.2, 0.25) is 0 Å². The molecule has 0 saturated carbocycles. The lowest BCUT2D eigenvalue weighted by Crippen LogP contribution is -2.21. The Labute approximate surface area is 192 Å². The van der Waals surface area contributed by atoms with Crippen LogP contribution in [-0.2, 0) is 20.2 Å². The molecular formula is C21H16BrNO7S2. The van der Waals surface area contributed by atoms with Crippen LogP contribution in [0.3, 0.4) is 0 Å². The standard InChI is InChI=1S/C21H16BrNO7S2/c1-23(2)13-4-6-15-19(10-13)30-18-8-3-12(22)9-17(18)21(15)16-7-5-14(31(24,25)26)11-20(16)32(27,28)29/h3-11H,1-2H3,(H-,24,25,26,27,28,29). The summed E-state index contributed by atoms with van der Waals surface area (Å²) in [6.45, 7) is 0. The Balaban J connectivity index is 2.24. The van der Waals surface area contributed by atoms with E-state index in [4.69, 9.17) is 4.42 Å². The summed E-state index contributed by atoms with van der Waals surface area (Å²) in [7, 11) is -6.12. The normalized spacial score (nSPS) is 12.4. The highest BCUT2D eigenvalue weighted by Gasteiger charge is 2.24. The van der Waals surface area contributed by atoms with Gasteiger partial charge in [0.2, 0.25) is 5.36 Å². The van der Waals surface area contributed by atoms with E-state index in [0.717, 1.165) is 11.4 Å². The van der Waals surface area contributed by atoms with E-state index in [1.54, 1.807) is 30.3 Å². The van der Waals surface area contributed by atoms with E-state index < -0.39 is 30.0 Å². The topological polar surface area (TPSA) is 128 Å². The molecule has 0 unspecified atom stereocenters. The molecule has 2 aromatic carbocycles. The fourth-order valence-corrected chi connectivity index (χ4v) is 5.15. The van der Waals surface area contributed by atoms with Gasteiger partial charge in [-0.05, 0) is 36.4 Å². The van der Waals surface area contributed by atoms with Gasteiger partial charge in [-0.15, -0.1) is 0 Å². The zero-order chi connectivity index (χ0) is 23.4. The van der Waals surface area contributed by atoms with Crippen LogP contribution in [0, 0.1) is 0 Å². The summed E-state index contributed by atoms with van der Waals surface area (Å²) in [6, 6.07) is 13.4. The van der Waals surface area contributed by atoms with Crippen molar-refractivity contribution in [1.82, 2.24) is 4.58 Å². The summed E-state index contributed by atoms with van der Waals surface area (Å²) in [4.78, 5) is -1.46. The number of hydrogen-bond acceptors (Lipinski definition) is 6. The summed E-state index contributed by atoms with van der Waals surface area (Å²) >= 11 is 3.39. The molecule has 1 heterocycles. The first-order valence-electron chi connectivity index (χ1n) is 9.10. The zero-order valence-electron chi connectivity index (χ0n) is 16.7. The minimum Gasteiger partial charge on any atom is -0.744 e. The fourth-order valence-electron chi connectivity index (χ4n) is 3.50. The van der Waals surface area contributed by atoms with Crippen LogP contribution in [0.4, 0.5) is 0 Å². The number of nitrogens with zero attached hydrogens (tertiary/aromatic N) is 1. The minimum absolute atomic E-state index is 0.00565. The molecule has 0 spiro atoms. The lowest BCUT2D eigenvalue weighted by molar-refractivity contribution is 0.463. The van der Waals surface area contributed by atoms with Gasteiger partial charge < -0.3 is 8.97 Å². The largest absolute Gasteiger partial charge is 0.744 e. The van der Waals surface area contributed by atoms with E-state index in [1.807, 2.05) is 24.7 Å². The van der Waals surface area contributed by atoms with Crippen molar-refractivity contribution in [2.24, 2.45) is 0 Å². The third-order valence-electron chi connectivity index (χ3n) is 4.97. The maximum absolute atomic E-state index is 12.1. The molecule has 0 radical (unpaired) electrons. The molecule has 0 fully saturated rings. The van der Waals surface area contributed by atoms with E-state index in [0.29, 0.717) is 38.4 Å². The molecule has 1 N–H and O–H groups in total. The molecule has 2 aromatic rings. The molecule has 0 amide bonds. The highest BCUT2D eigenvalue weighted by atomic mass is 79.9. The van der Waals surface area contributed by atoms with Crippen molar-refractivity contribution in [1.29, 1.82) is 0 Å². The molecule has 2 aliphatic rings. The minimum atomic E-state index is -5.11. The molecule has 0 atom stereocenters. The summed E-state index contributed by atoms with van der Waals surface area (Å²) in [5.41, 5.74) is 1.32. The molecule has 0 saturated heterocycles. The van der Waals surface area contributed by atoms with Crippen LogP contribution in [0.25, 0.3) is 33.4 Å². The Hall–Kier alpha value is -2.57. The summed E-state index contributed by atoms with van der Waals surface area (Å²) in [5, 5.41) is 1.34. The van der Waals surface area contributed by atoms with Gasteiger partial charge in [-0.3, -0.25) is 4.55 Å². The van der Waals surface area contributed by atoms with Gasteiger partial charge in [-0.2, -0.15) is 8.42 Å². The molecular weight excluding hydrogens is 522 g/mol. The van der Waals surface area contributed by atoms with Crippen molar-refractivity contribution in [3.05, 3.63) is 64.4 Å². The van der Waals surface area contributed by atoms with Gasteiger partial charge in [0.05, 0.1) is 15.9 Å². The van der Waals surface area contributed by atoms with Crippen LogP contribution in [0.5, 0.6) is 0 Å². The van der Waals surface area contributed by atoms with Crippen LogP contribution < -0.4 is 9.93 Å². The van der Waals surface area contributed by atoms with Gasteiger partial charge in [0.25, 0.3) is 10.1 Å². The van der Waals surface area contributed by atoms with Gasteiger partial charge >= 0.3 is 0 Å². The maximum atomic E-state index is 12.1. The lowest BCUT2D eigenvalue weighted by atomic mass is 9.93. The monoisotopic (exact) mass is 537 g/mol. The second kappa shape index (κ2) is 7.78. The second-order valence-electron chi connectivity index (χ2n) is 7.28. The Bertz CT molecular complexity index is 1650. The van der Waals surface area contributed by atoms with Crippen LogP contribution in [0.15, 0.2) is 73.3 Å². The number of fused-ring (bicyclic) bond motifs is 2. The van der Waals surface area contributed by atoms with E-state index in [-0.39, 0.29) is 5.56 Å². The van der Waals surface area contributed by atoms with Gasteiger partial charge in [0, 0.05) is 32.6 Å². The number of rotatable bonds is 3. The molecule has 8 nitrogen and oxygen atoms in total. The summed E-state index contributed by atoms with van der Waals surface area (Å²) in [6.07, 6.45) is 0. The van der Waals surface area contributed by atoms with Crippen molar-refractivity contribution in [2.75, 3.05) is 14.1 Å². The Morgan fingerprint density at radius 3 is 2.25 bits per heavy atom. The lowest BCUT2D eigenvalue weighted by Gasteiger charge is -2.19. The molecule has 32 heavy (non-hydrogen) atoms. The fraction of sp³-hybridized carbons (Fsp3) is 0.0952. The highest BCUT2D eigenvalue weighted by molar-refractivity contribution is 9.10. The average Bonchev–Trinajstić information content (AvgIpc) is 2.70. The molecule has 0 aromatic heterocycles. The van der Waals surface area contributed by atoms with Gasteiger partial charge in [0.15, 0.2) is 0 Å². The molecule has 1 aliphatic heterocycles. The summed E-state index contributed by atoms with van der Waals surface area (Å²) in [5.74, 6) is 0.439. The van der Waals surface area contributed by atoms with Crippen molar-refractivity contribution in [3.8, 4) is 22.5 Å². The number of benzene rings is 3. The van der Waals surface area contributed by atoms with Gasteiger partial charge in [0.1, 0.15) is 35.6 Å². The molecule has 4 rings (SSSR count). The Kier molecular flexibility index (Phi) is 5.50. The van der Waals surface area contributed by atoms with Crippen molar-refractivity contribution in [2.45, 2.75) is 9.79 Å². The first-order valence-corrected chi connectivity index (χ1v) is 12.7. The summed E-state index contributed by atoms with van der Waals surface area (Å²) < 4.78 is 77.4. The Morgan fingerprint density at radius 2 is 1.62 bits per heavy atom. The predicted octanol–water partition coefficient (Wildman–Crippen LogP) is 3.15. The molecule has 11 heteroatoms. The van der Waals surface area contributed by atoms with Crippen molar-refractivity contribution in [3.63, 3.8) is 0 Å². The van der Waals surface area contributed by atoms with E-state index in [2.05, 4.69) is 15.9 Å². The second-order valence-corrected chi connectivity index (χ2v) is 11.0. The van der Waals surface area contributed by atoms with Crippen LogP contribution >= 0.6 is 15.9 Å². The SMILES string of the molecule is C[N+](C)=c1ccc2c(-c3ccc(S(=O)(=O)O)cc3S(=O)(=O)[O-])c3cc(Br)ccc3oc-2c1. The highest BCUT2D eigenvalue weighted by Crippen LogP contribution is 2.43. The molecule has 0 bridgehead atoms. The zero-order valence-corrected chi connectivity index (χ0v) is 20.0. The first kappa shape index (κ1) is 22.6. The van der Waals surface area contributed by atoms with Gasteiger partial charge in [-0.25, -0.2) is 13.0 Å². The van der Waals surface area contributed by atoms with E-state index in [1.165, 1.54) is 6.07 Å². The van der Waals surface area contributed by atoms with Crippen molar-refractivity contribution < 1.29 is 30.4 Å². The van der Waals surface area contributed by atoms with E-state index in [9.17, 15) is 25.9 Å². The third kappa shape index (κ3) is 4.09. The smallest absolute Gasteiger partial charge is 0.294 e. The quantitative estimate of drug-likeness (QED) is 0.241. The molecule has 166 valence electrons. The van der Waals surface area contributed by atoms with E-state index >= 15 is 0 Å². The predicted molar refractivity (Wildman–Crippen MR) is 121 cm³/mol. The van der Waals surface area contributed by atoms with Crippen molar-refractivity contribution >= 4 is 47.1 Å². The van der Waals surface area contributed by atoms with Crippen LogP contribution in [0.1, 0.15) is 0 Å². The maximum Gasteiger partial charge on any atom is 0.294 e. The Morgan fingerprint density at radius 1 is 0.938 bits per heavy atom. The average molecular weight is 538 g/mol. The third-order valence-corrected chi connectivity index (χ3v) is 7.19. The van der Waals surface area contributed by atoms with Gasteiger partial charge in [-0.1, -0.05) is 22.0 Å².